The van der Waals surface area contributed by atoms with E-state index in [1.165, 1.54) is 0 Å². The summed E-state index contributed by atoms with van der Waals surface area (Å²) in [6.07, 6.45) is 3.28. The summed E-state index contributed by atoms with van der Waals surface area (Å²) in [7, 11) is 0. The second kappa shape index (κ2) is 6.61. The zero-order chi connectivity index (χ0) is 14.6. The Morgan fingerprint density at radius 2 is 2.15 bits per heavy atom. The monoisotopic (exact) mass is 295 g/mol. The first-order valence-corrected chi connectivity index (χ1v) is 7.98. The summed E-state index contributed by atoms with van der Waals surface area (Å²) in [6.45, 7) is 3.02. The molecule has 0 aromatic heterocycles. The molecule has 0 aliphatic carbocycles. The molecular weight excluding hydrogens is 274 g/mol. The highest BCUT2D eigenvalue weighted by atomic mass is 32.2. The molecule has 2 N–H and O–H groups in total. The molecule has 0 unspecified atom stereocenters. The van der Waals surface area contributed by atoms with Crippen molar-refractivity contribution in [2.75, 3.05) is 26.1 Å². The number of amides is 1. The van der Waals surface area contributed by atoms with Crippen LogP contribution in [0, 0.1) is 6.92 Å². The van der Waals surface area contributed by atoms with E-state index in [1.54, 1.807) is 11.8 Å². The number of hydrogen-bond acceptors (Lipinski definition) is 4. The van der Waals surface area contributed by atoms with Crippen molar-refractivity contribution in [2.45, 2.75) is 30.2 Å². The molecule has 1 aromatic carbocycles. The molecule has 5 heteroatoms. The van der Waals surface area contributed by atoms with E-state index in [-0.39, 0.29) is 12.5 Å². The standard InChI is InChI=1S/C15H21NO3S/c1-11-3-4-12(20-2)9-13(11)14(18)16-15(10-17)5-7-19-8-6-15/h3-4,9,17H,5-8,10H2,1-2H3,(H,16,18). The maximum absolute atomic E-state index is 12.5. The fraction of sp³-hybridized carbons (Fsp3) is 0.533. The molecule has 1 saturated heterocycles. The van der Waals surface area contributed by atoms with Crippen molar-refractivity contribution in [3.63, 3.8) is 0 Å². The van der Waals surface area contributed by atoms with Crippen LogP contribution in [0.2, 0.25) is 0 Å². The summed E-state index contributed by atoms with van der Waals surface area (Å²) in [5.74, 6) is -0.116. The highest BCUT2D eigenvalue weighted by Gasteiger charge is 2.34. The van der Waals surface area contributed by atoms with Crippen LogP contribution in [-0.4, -0.2) is 42.6 Å². The van der Waals surface area contributed by atoms with Gasteiger partial charge in [-0.05, 0) is 43.7 Å². The topological polar surface area (TPSA) is 58.6 Å². The van der Waals surface area contributed by atoms with Crippen LogP contribution >= 0.6 is 11.8 Å². The van der Waals surface area contributed by atoms with Gasteiger partial charge in [0.05, 0.1) is 12.1 Å². The second-order valence-electron chi connectivity index (χ2n) is 5.19. The summed E-state index contributed by atoms with van der Waals surface area (Å²) in [6, 6.07) is 5.86. The first-order valence-electron chi connectivity index (χ1n) is 6.76. The van der Waals surface area contributed by atoms with Crippen LogP contribution < -0.4 is 5.32 Å². The van der Waals surface area contributed by atoms with E-state index >= 15 is 0 Å². The summed E-state index contributed by atoms with van der Waals surface area (Å²) in [4.78, 5) is 13.6. The lowest BCUT2D eigenvalue weighted by molar-refractivity contribution is 0.0125. The van der Waals surface area contributed by atoms with Crippen molar-refractivity contribution < 1.29 is 14.6 Å². The van der Waals surface area contributed by atoms with Gasteiger partial charge in [0.25, 0.3) is 5.91 Å². The van der Waals surface area contributed by atoms with Crippen LogP contribution in [0.4, 0.5) is 0 Å². The molecule has 0 atom stereocenters. The van der Waals surface area contributed by atoms with Crippen molar-refractivity contribution in [3.05, 3.63) is 29.3 Å². The maximum atomic E-state index is 12.5. The van der Waals surface area contributed by atoms with Crippen LogP contribution in [-0.2, 0) is 4.74 Å². The first-order chi connectivity index (χ1) is 9.60. The summed E-state index contributed by atoms with van der Waals surface area (Å²) in [5.41, 5.74) is 1.08. The molecule has 1 amide bonds. The highest BCUT2D eigenvalue weighted by Crippen LogP contribution is 2.23. The largest absolute Gasteiger partial charge is 0.394 e. The van der Waals surface area contributed by atoms with Crippen LogP contribution in [0.1, 0.15) is 28.8 Å². The third-order valence-corrected chi connectivity index (χ3v) is 4.55. The second-order valence-corrected chi connectivity index (χ2v) is 6.07. The number of thioether (sulfide) groups is 1. The number of rotatable bonds is 4. The van der Waals surface area contributed by atoms with Crippen molar-refractivity contribution in [1.82, 2.24) is 5.32 Å². The van der Waals surface area contributed by atoms with Gasteiger partial charge in [-0.25, -0.2) is 0 Å². The Kier molecular flexibility index (Phi) is 5.07. The molecule has 0 saturated carbocycles. The van der Waals surface area contributed by atoms with Crippen molar-refractivity contribution in [2.24, 2.45) is 0 Å². The summed E-state index contributed by atoms with van der Waals surface area (Å²) in [5, 5.41) is 12.6. The minimum Gasteiger partial charge on any atom is -0.394 e. The van der Waals surface area contributed by atoms with Gasteiger partial charge in [-0.3, -0.25) is 4.79 Å². The van der Waals surface area contributed by atoms with Gasteiger partial charge in [0, 0.05) is 23.7 Å². The van der Waals surface area contributed by atoms with Gasteiger partial charge < -0.3 is 15.2 Å². The summed E-state index contributed by atoms with van der Waals surface area (Å²) >= 11 is 1.61. The molecule has 0 bridgehead atoms. The lowest BCUT2D eigenvalue weighted by atomic mass is 9.90. The molecule has 110 valence electrons. The molecule has 0 radical (unpaired) electrons. The SMILES string of the molecule is CSc1ccc(C)c(C(=O)NC2(CO)CCOCC2)c1. The Balaban J connectivity index is 2.18. The molecule has 1 fully saturated rings. The number of nitrogens with one attached hydrogen (secondary N) is 1. The van der Waals surface area contributed by atoms with Gasteiger partial charge in [0.15, 0.2) is 0 Å². The Morgan fingerprint density at radius 1 is 1.45 bits per heavy atom. The fourth-order valence-electron chi connectivity index (χ4n) is 2.37. The van der Waals surface area contributed by atoms with Gasteiger partial charge in [-0.1, -0.05) is 6.07 Å². The molecular formula is C15H21NO3S. The van der Waals surface area contributed by atoms with Crippen LogP contribution in [0.15, 0.2) is 23.1 Å². The zero-order valence-corrected chi connectivity index (χ0v) is 12.8. The lowest BCUT2D eigenvalue weighted by Crippen LogP contribution is -2.54. The Hall–Kier alpha value is -1.04. The number of carbonyl (C=O) groups excluding carboxylic acids is 1. The average molecular weight is 295 g/mol. The quantitative estimate of drug-likeness (QED) is 0.834. The normalized spacial score (nSPS) is 17.8. The number of hydrogen-bond donors (Lipinski definition) is 2. The minimum atomic E-state index is -0.545. The predicted molar refractivity (Wildman–Crippen MR) is 80.3 cm³/mol. The zero-order valence-electron chi connectivity index (χ0n) is 11.9. The highest BCUT2D eigenvalue weighted by molar-refractivity contribution is 7.98. The first kappa shape index (κ1) is 15.4. The Bertz CT molecular complexity index is 484. The molecule has 1 heterocycles. The molecule has 1 aliphatic rings. The molecule has 2 rings (SSSR count). The molecule has 0 spiro atoms. The number of carbonyl (C=O) groups is 1. The van der Waals surface area contributed by atoms with E-state index in [1.807, 2.05) is 31.4 Å². The number of ether oxygens (including phenoxy) is 1. The van der Waals surface area contributed by atoms with E-state index < -0.39 is 5.54 Å². The van der Waals surface area contributed by atoms with Gasteiger partial charge >= 0.3 is 0 Å². The predicted octanol–water partition coefficient (Wildman–Crippen LogP) is 1.99. The molecule has 1 aromatic rings. The molecule has 1 aliphatic heterocycles. The van der Waals surface area contributed by atoms with E-state index in [0.717, 1.165) is 10.5 Å². The van der Waals surface area contributed by atoms with E-state index in [2.05, 4.69) is 5.32 Å². The smallest absolute Gasteiger partial charge is 0.252 e. The molecule has 4 nitrogen and oxygen atoms in total. The third kappa shape index (κ3) is 3.34. The van der Waals surface area contributed by atoms with E-state index in [0.29, 0.717) is 31.6 Å². The minimum absolute atomic E-state index is 0.0522. The van der Waals surface area contributed by atoms with Gasteiger partial charge in [-0.15, -0.1) is 11.8 Å². The van der Waals surface area contributed by atoms with Crippen LogP contribution in [0.25, 0.3) is 0 Å². The van der Waals surface area contributed by atoms with Crippen molar-refractivity contribution >= 4 is 17.7 Å². The number of benzene rings is 1. The fourth-order valence-corrected chi connectivity index (χ4v) is 2.81. The number of aliphatic hydroxyl groups excluding tert-OH is 1. The third-order valence-electron chi connectivity index (χ3n) is 3.82. The Labute approximate surface area is 123 Å². The van der Waals surface area contributed by atoms with Crippen molar-refractivity contribution in [1.29, 1.82) is 0 Å². The van der Waals surface area contributed by atoms with Crippen molar-refractivity contribution in [3.8, 4) is 0 Å². The maximum Gasteiger partial charge on any atom is 0.252 e. The molecule has 20 heavy (non-hydrogen) atoms. The van der Waals surface area contributed by atoms with Crippen LogP contribution in [0.5, 0.6) is 0 Å². The van der Waals surface area contributed by atoms with Gasteiger partial charge in [0.2, 0.25) is 0 Å². The van der Waals surface area contributed by atoms with E-state index in [4.69, 9.17) is 4.74 Å². The Morgan fingerprint density at radius 3 is 2.75 bits per heavy atom. The lowest BCUT2D eigenvalue weighted by Gasteiger charge is -2.36. The van der Waals surface area contributed by atoms with Gasteiger partial charge in [0.1, 0.15) is 0 Å². The number of aryl methyl sites for hydroxylation is 1. The van der Waals surface area contributed by atoms with Crippen LogP contribution in [0.3, 0.4) is 0 Å². The number of aliphatic hydroxyl groups is 1. The summed E-state index contributed by atoms with van der Waals surface area (Å²) < 4.78 is 5.31. The van der Waals surface area contributed by atoms with E-state index in [9.17, 15) is 9.90 Å². The van der Waals surface area contributed by atoms with Gasteiger partial charge in [-0.2, -0.15) is 0 Å². The average Bonchev–Trinajstić information content (AvgIpc) is 2.48.